The minimum absolute atomic E-state index is 0.563. The van der Waals surface area contributed by atoms with Gasteiger partial charge in [0.2, 0.25) is 0 Å². The van der Waals surface area contributed by atoms with E-state index in [-0.39, 0.29) is 0 Å². The lowest BCUT2D eigenvalue weighted by atomic mass is 9.77. The van der Waals surface area contributed by atoms with Crippen LogP contribution in [0.5, 0.6) is 0 Å². The number of aromatic nitrogens is 2. The van der Waals surface area contributed by atoms with Crippen LogP contribution < -0.4 is 4.90 Å². The maximum absolute atomic E-state index is 6.35. The average molecular weight is 306 g/mol. The van der Waals surface area contributed by atoms with Gasteiger partial charge in [0.25, 0.3) is 0 Å². The molecule has 1 aromatic heterocycles. The third kappa shape index (κ3) is 2.54. The largest absolute Gasteiger partial charge is 0.356 e. The van der Waals surface area contributed by atoms with E-state index in [1.54, 1.807) is 0 Å². The molecule has 3 aliphatic rings. The van der Waals surface area contributed by atoms with Crippen LogP contribution in [0.4, 0.5) is 5.82 Å². The molecule has 2 heterocycles. The standard InChI is InChI=1S/C17H24ClN3/c1-12-14(18)19-15(13-4-5-13)20-16(12)21-10-8-17(9-11-21)6-2-3-7-17/h13H,2-11H2,1H3. The second kappa shape index (κ2) is 5.12. The monoisotopic (exact) mass is 305 g/mol. The molecule has 1 aliphatic heterocycles. The van der Waals surface area contributed by atoms with Gasteiger partial charge in [0.15, 0.2) is 0 Å². The first-order valence-corrected chi connectivity index (χ1v) is 8.84. The van der Waals surface area contributed by atoms with Crippen molar-refractivity contribution >= 4 is 17.4 Å². The lowest BCUT2D eigenvalue weighted by Gasteiger charge is -2.40. The van der Waals surface area contributed by atoms with Gasteiger partial charge in [-0.3, -0.25) is 0 Å². The molecule has 0 atom stereocenters. The van der Waals surface area contributed by atoms with E-state index in [4.69, 9.17) is 16.6 Å². The van der Waals surface area contributed by atoms with E-state index < -0.39 is 0 Å². The number of hydrogen-bond donors (Lipinski definition) is 0. The van der Waals surface area contributed by atoms with E-state index in [0.29, 0.717) is 16.5 Å². The highest BCUT2D eigenvalue weighted by Gasteiger charge is 2.38. The van der Waals surface area contributed by atoms with Crippen LogP contribution in [0.1, 0.15) is 68.7 Å². The van der Waals surface area contributed by atoms with Gasteiger partial charge in [-0.15, -0.1) is 0 Å². The zero-order valence-corrected chi connectivity index (χ0v) is 13.6. The molecule has 2 aliphatic carbocycles. The molecule has 0 N–H and O–H groups in total. The summed E-state index contributed by atoms with van der Waals surface area (Å²) in [6.07, 6.45) is 10.9. The molecular weight excluding hydrogens is 282 g/mol. The molecule has 0 bridgehead atoms. The van der Waals surface area contributed by atoms with Crippen molar-refractivity contribution in [1.29, 1.82) is 0 Å². The van der Waals surface area contributed by atoms with E-state index >= 15 is 0 Å². The second-order valence-electron chi connectivity index (χ2n) is 7.29. The van der Waals surface area contributed by atoms with E-state index in [2.05, 4.69) is 16.8 Å². The van der Waals surface area contributed by atoms with E-state index in [9.17, 15) is 0 Å². The second-order valence-corrected chi connectivity index (χ2v) is 7.65. The lowest BCUT2D eigenvalue weighted by Crippen LogP contribution is -2.39. The molecule has 0 amide bonds. The minimum atomic E-state index is 0.563. The molecule has 0 radical (unpaired) electrons. The highest BCUT2D eigenvalue weighted by atomic mass is 35.5. The van der Waals surface area contributed by atoms with E-state index in [1.807, 2.05) is 0 Å². The number of piperidine rings is 1. The lowest BCUT2D eigenvalue weighted by molar-refractivity contribution is 0.226. The summed E-state index contributed by atoms with van der Waals surface area (Å²) in [5.41, 5.74) is 1.71. The van der Waals surface area contributed by atoms with Gasteiger partial charge in [0, 0.05) is 24.6 Å². The summed E-state index contributed by atoms with van der Waals surface area (Å²) >= 11 is 6.35. The van der Waals surface area contributed by atoms with Crippen molar-refractivity contribution in [3.63, 3.8) is 0 Å². The van der Waals surface area contributed by atoms with Gasteiger partial charge in [-0.25, -0.2) is 9.97 Å². The van der Waals surface area contributed by atoms with Crippen molar-refractivity contribution in [3.05, 3.63) is 16.5 Å². The smallest absolute Gasteiger partial charge is 0.137 e. The zero-order valence-electron chi connectivity index (χ0n) is 12.9. The Bertz CT molecular complexity index is 537. The Hall–Kier alpha value is -0.830. The predicted molar refractivity (Wildman–Crippen MR) is 86.1 cm³/mol. The van der Waals surface area contributed by atoms with Crippen molar-refractivity contribution in [3.8, 4) is 0 Å². The fraction of sp³-hybridized carbons (Fsp3) is 0.765. The van der Waals surface area contributed by atoms with Crippen LogP contribution in [0, 0.1) is 12.3 Å². The third-order valence-electron chi connectivity index (χ3n) is 5.81. The summed E-state index contributed by atoms with van der Waals surface area (Å²) in [4.78, 5) is 11.8. The summed E-state index contributed by atoms with van der Waals surface area (Å²) in [5.74, 6) is 2.64. The Labute approximate surface area is 132 Å². The maximum atomic E-state index is 6.35. The van der Waals surface area contributed by atoms with Crippen LogP contribution in [0.25, 0.3) is 0 Å². The summed E-state index contributed by atoms with van der Waals surface area (Å²) in [6, 6.07) is 0. The van der Waals surface area contributed by atoms with Crippen molar-refractivity contribution in [2.75, 3.05) is 18.0 Å². The fourth-order valence-electron chi connectivity index (χ4n) is 4.14. The number of anilines is 1. The van der Waals surface area contributed by atoms with Gasteiger partial charge in [-0.2, -0.15) is 0 Å². The Balaban J connectivity index is 1.56. The van der Waals surface area contributed by atoms with Crippen LogP contribution in [0.15, 0.2) is 0 Å². The Kier molecular flexibility index (Phi) is 3.36. The van der Waals surface area contributed by atoms with Crippen LogP contribution in [0.3, 0.4) is 0 Å². The highest BCUT2D eigenvalue weighted by Crippen LogP contribution is 2.47. The molecule has 1 aromatic rings. The molecule has 1 saturated heterocycles. The SMILES string of the molecule is Cc1c(Cl)nc(C2CC2)nc1N1CCC2(CCCC2)CC1. The molecule has 4 heteroatoms. The number of nitrogens with zero attached hydrogens (tertiary/aromatic N) is 3. The molecule has 2 saturated carbocycles. The van der Waals surface area contributed by atoms with Gasteiger partial charge in [-0.05, 0) is 50.9 Å². The molecule has 3 nitrogen and oxygen atoms in total. The Morgan fingerprint density at radius 3 is 2.33 bits per heavy atom. The topological polar surface area (TPSA) is 29.0 Å². The highest BCUT2D eigenvalue weighted by molar-refractivity contribution is 6.30. The summed E-state index contributed by atoms with van der Waals surface area (Å²) in [6.45, 7) is 4.34. The normalized spacial score (nSPS) is 24.8. The molecule has 3 fully saturated rings. The molecule has 1 spiro atoms. The van der Waals surface area contributed by atoms with Crippen LogP contribution in [0.2, 0.25) is 5.15 Å². The first-order chi connectivity index (χ1) is 10.2. The molecule has 0 unspecified atom stereocenters. The maximum Gasteiger partial charge on any atom is 0.137 e. The van der Waals surface area contributed by atoms with E-state index in [1.165, 1.54) is 51.4 Å². The molecule has 21 heavy (non-hydrogen) atoms. The van der Waals surface area contributed by atoms with Crippen molar-refractivity contribution in [2.45, 2.75) is 64.2 Å². The van der Waals surface area contributed by atoms with Gasteiger partial charge in [0.1, 0.15) is 16.8 Å². The van der Waals surface area contributed by atoms with E-state index in [0.717, 1.165) is 30.3 Å². The zero-order chi connectivity index (χ0) is 14.4. The van der Waals surface area contributed by atoms with Gasteiger partial charge >= 0.3 is 0 Å². The average Bonchev–Trinajstić information content (AvgIpc) is 3.25. The molecule has 114 valence electrons. The Morgan fingerprint density at radius 2 is 1.71 bits per heavy atom. The number of halogens is 1. The van der Waals surface area contributed by atoms with Crippen LogP contribution >= 0.6 is 11.6 Å². The first-order valence-electron chi connectivity index (χ1n) is 8.46. The number of rotatable bonds is 2. The summed E-state index contributed by atoms with van der Waals surface area (Å²) in [7, 11) is 0. The van der Waals surface area contributed by atoms with Crippen LogP contribution in [-0.2, 0) is 0 Å². The molecule has 0 aromatic carbocycles. The van der Waals surface area contributed by atoms with Gasteiger partial charge in [-0.1, -0.05) is 24.4 Å². The van der Waals surface area contributed by atoms with Gasteiger partial charge < -0.3 is 4.90 Å². The van der Waals surface area contributed by atoms with Crippen molar-refractivity contribution in [2.24, 2.45) is 5.41 Å². The number of hydrogen-bond acceptors (Lipinski definition) is 3. The minimum Gasteiger partial charge on any atom is -0.356 e. The predicted octanol–water partition coefficient (Wildman–Crippen LogP) is 4.48. The molecule has 4 rings (SSSR count). The summed E-state index contributed by atoms with van der Waals surface area (Å²) in [5, 5.41) is 0.656. The first kappa shape index (κ1) is 13.8. The summed E-state index contributed by atoms with van der Waals surface area (Å²) < 4.78 is 0. The van der Waals surface area contributed by atoms with Crippen LogP contribution in [-0.4, -0.2) is 23.1 Å². The molecular formula is C17H24ClN3. The third-order valence-corrected chi connectivity index (χ3v) is 6.18. The van der Waals surface area contributed by atoms with Crippen molar-refractivity contribution < 1.29 is 0 Å². The van der Waals surface area contributed by atoms with Gasteiger partial charge in [0.05, 0.1) is 0 Å². The van der Waals surface area contributed by atoms with Crippen molar-refractivity contribution in [1.82, 2.24) is 9.97 Å². The fourth-order valence-corrected chi connectivity index (χ4v) is 4.31. The quantitative estimate of drug-likeness (QED) is 0.755. The Morgan fingerprint density at radius 1 is 1.05 bits per heavy atom.